The topological polar surface area (TPSA) is 16.4 Å². The molecule has 1 aliphatic rings. The number of anilines is 3. The molecule has 0 fully saturated rings. The van der Waals surface area contributed by atoms with E-state index in [0.29, 0.717) is 0 Å². The number of nitrogens with zero attached hydrogens (tertiary/aromatic N) is 1. The Bertz CT molecular complexity index is 2660. The van der Waals surface area contributed by atoms with Gasteiger partial charge in [0.1, 0.15) is 11.2 Å². The number of hydrogen-bond donors (Lipinski definition) is 0. The van der Waals surface area contributed by atoms with Crippen LogP contribution in [-0.4, -0.2) is 0 Å². The van der Waals surface area contributed by atoms with Crippen LogP contribution in [-0.2, 0) is 5.41 Å². The molecule has 2 nitrogen and oxygen atoms in total. The highest BCUT2D eigenvalue weighted by atomic mass is 16.3. The first-order chi connectivity index (χ1) is 25.1. The van der Waals surface area contributed by atoms with Crippen molar-refractivity contribution in [2.75, 3.05) is 4.90 Å². The molecule has 0 saturated heterocycles. The number of benzene rings is 8. The van der Waals surface area contributed by atoms with E-state index in [1.54, 1.807) is 0 Å². The van der Waals surface area contributed by atoms with Crippen molar-refractivity contribution in [3.05, 3.63) is 187 Å². The number of furan rings is 1. The van der Waals surface area contributed by atoms with Gasteiger partial charge in [0.05, 0.1) is 0 Å². The standard InChI is InChI=1S/C49H35NO/c1-49(2)43-20-12-11-19-41(43)46-47(49)40-18-10-9-17-39(40)45-42-30-29-38(31-44(42)51-48(45)46)50(36-25-21-34(22-26-36)32-13-5-3-6-14-32)37-27-23-35(24-28-37)33-15-7-4-8-16-33/h3-31H,1-2H3. The summed E-state index contributed by atoms with van der Waals surface area (Å²) in [7, 11) is 0. The molecule has 10 rings (SSSR count). The van der Waals surface area contributed by atoms with Crippen LogP contribution >= 0.6 is 0 Å². The Morgan fingerprint density at radius 2 is 0.961 bits per heavy atom. The van der Waals surface area contributed by atoms with Gasteiger partial charge in [-0.2, -0.15) is 0 Å². The molecule has 1 aromatic heterocycles. The lowest BCUT2D eigenvalue weighted by Gasteiger charge is -2.26. The van der Waals surface area contributed by atoms with Crippen LogP contribution in [0.2, 0.25) is 0 Å². The van der Waals surface area contributed by atoms with Crippen LogP contribution in [0.1, 0.15) is 25.0 Å². The smallest absolute Gasteiger partial charge is 0.144 e. The minimum atomic E-state index is -0.140. The molecule has 0 radical (unpaired) electrons. The first-order valence-corrected chi connectivity index (χ1v) is 17.7. The van der Waals surface area contributed by atoms with Crippen LogP contribution in [0.25, 0.3) is 66.1 Å². The molecule has 0 atom stereocenters. The third-order valence-electron chi connectivity index (χ3n) is 10.8. The quantitative estimate of drug-likeness (QED) is 0.184. The molecular formula is C49H35NO. The molecule has 51 heavy (non-hydrogen) atoms. The van der Waals surface area contributed by atoms with Crippen molar-refractivity contribution in [3.63, 3.8) is 0 Å². The SMILES string of the molecule is CC1(C)c2ccccc2-c2c1c1ccccc1c1c2oc2cc(N(c3ccc(-c4ccccc4)cc3)c3ccc(-c4ccccc4)cc3)ccc21. The Hall–Kier alpha value is -6.38. The molecule has 0 saturated carbocycles. The summed E-state index contributed by atoms with van der Waals surface area (Å²) >= 11 is 0. The third kappa shape index (κ3) is 4.57. The van der Waals surface area contributed by atoms with Crippen LogP contribution in [0.5, 0.6) is 0 Å². The van der Waals surface area contributed by atoms with Crippen molar-refractivity contribution in [3.8, 4) is 33.4 Å². The number of hydrogen-bond acceptors (Lipinski definition) is 2. The van der Waals surface area contributed by atoms with Gasteiger partial charge in [-0.1, -0.05) is 147 Å². The summed E-state index contributed by atoms with van der Waals surface area (Å²) in [5.74, 6) is 0. The van der Waals surface area contributed by atoms with E-state index in [4.69, 9.17) is 4.42 Å². The van der Waals surface area contributed by atoms with Crippen LogP contribution in [0, 0.1) is 0 Å². The fraction of sp³-hybridized carbons (Fsp3) is 0.0612. The molecule has 2 heteroatoms. The normalized spacial score (nSPS) is 13.1. The molecular weight excluding hydrogens is 619 g/mol. The van der Waals surface area contributed by atoms with Gasteiger partial charge in [-0.3, -0.25) is 0 Å². The highest BCUT2D eigenvalue weighted by Gasteiger charge is 2.39. The fourth-order valence-corrected chi connectivity index (χ4v) is 8.44. The second-order valence-electron chi connectivity index (χ2n) is 14.1. The molecule has 0 spiro atoms. The number of fused-ring (bicyclic) bond motifs is 10. The first-order valence-electron chi connectivity index (χ1n) is 17.7. The summed E-state index contributed by atoms with van der Waals surface area (Å²) in [6.07, 6.45) is 0. The maximum atomic E-state index is 7.04. The van der Waals surface area contributed by atoms with Gasteiger partial charge in [0, 0.05) is 44.9 Å². The van der Waals surface area contributed by atoms with E-state index in [-0.39, 0.29) is 5.41 Å². The Labute approximate surface area is 297 Å². The maximum Gasteiger partial charge on any atom is 0.144 e. The average molecular weight is 654 g/mol. The lowest BCUT2D eigenvalue weighted by Crippen LogP contribution is -2.15. The predicted octanol–water partition coefficient (Wildman–Crippen LogP) is 13.8. The third-order valence-corrected chi connectivity index (χ3v) is 10.8. The second-order valence-corrected chi connectivity index (χ2v) is 14.1. The Kier molecular flexibility index (Phi) is 6.56. The minimum absolute atomic E-state index is 0.140. The Morgan fingerprint density at radius 3 is 1.59 bits per heavy atom. The molecule has 9 aromatic rings. The largest absolute Gasteiger partial charge is 0.455 e. The van der Waals surface area contributed by atoms with Crippen molar-refractivity contribution in [2.24, 2.45) is 0 Å². The van der Waals surface area contributed by atoms with E-state index in [0.717, 1.165) is 33.6 Å². The molecule has 0 unspecified atom stereocenters. The van der Waals surface area contributed by atoms with Crippen molar-refractivity contribution in [1.82, 2.24) is 0 Å². The zero-order chi connectivity index (χ0) is 34.1. The summed E-state index contributed by atoms with van der Waals surface area (Å²) in [5, 5.41) is 4.85. The summed E-state index contributed by atoms with van der Waals surface area (Å²) in [6, 6.07) is 63.2. The first kappa shape index (κ1) is 29.5. The van der Waals surface area contributed by atoms with E-state index in [1.807, 2.05) is 0 Å². The van der Waals surface area contributed by atoms with Crippen molar-refractivity contribution in [2.45, 2.75) is 19.3 Å². The highest BCUT2D eigenvalue weighted by molar-refractivity contribution is 6.25. The monoisotopic (exact) mass is 653 g/mol. The molecule has 8 aromatic carbocycles. The van der Waals surface area contributed by atoms with Gasteiger partial charge in [-0.05, 0) is 86.1 Å². The summed E-state index contributed by atoms with van der Waals surface area (Å²) in [4.78, 5) is 2.33. The summed E-state index contributed by atoms with van der Waals surface area (Å²) in [5.41, 5.74) is 14.9. The molecule has 0 bridgehead atoms. The lowest BCUT2D eigenvalue weighted by atomic mass is 9.79. The lowest BCUT2D eigenvalue weighted by molar-refractivity contribution is 0.658. The Balaban J connectivity index is 1.17. The van der Waals surface area contributed by atoms with Gasteiger partial charge in [0.2, 0.25) is 0 Å². The van der Waals surface area contributed by atoms with Gasteiger partial charge in [-0.15, -0.1) is 0 Å². The van der Waals surface area contributed by atoms with Crippen LogP contribution < -0.4 is 4.90 Å². The van der Waals surface area contributed by atoms with E-state index in [1.165, 1.54) is 60.7 Å². The number of rotatable bonds is 5. The van der Waals surface area contributed by atoms with E-state index in [2.05, 4.69) is 195 Å². The van der Waals surface area contributed by atoms with Gasteiger partial charge in [0.15, 0.2) is 0 Å². The van der Waals surface area contributed by atoms with Gasteiger partial charge >= 0.3 is 0 Å². The maximum absolute atomic E-state index is 7.04. The van der Waals surface area contributed by atoms with E-state index < -0.39 is 0 Å². The van der Waals surface area contributed by atoms with E-state index >= 15 is 0 Å². The zero-order valence-electron chi connectivity index (χ0n) is 28.6. The molecule has 0 amide bonds. The molecule has 0 N–H and O–H groups in total. The average Bonchev–Trinajstić information content (AvgIpc) is 3.69. The second kappa shape index (κ2) is 11.3. The Morgan fingerprint density at radius 1 is 0.451 bits per heavy atom. The molecule has 1 heterocycles. The van der Waals surface area contributed by atoms with Gasteiger partial charge in [0.25, 0.3) is 0 Å². The van der Waals surface area contributed by atoms with Crippen LogP contribution in [0.15, 0.2) is 180 Å². The van der Waals surface area contributed by atoms with Crippen molar-refractivity contribution >= 4 is 49.8 Å². The van der Waals surface area contributed by atoms with Crippen molar-refractivity contribution in [1.29, 1.82) is 0 Å². The van der Waals surface area contributed by atoms with Gasteiger partial charge < -0.3 is 9.32 Å². The molecule has 1 aliphatic carbocycles. The zero-order valence-corrected chi connectivity index (χ0v) is 28.6. The van der Waals surface area contributed by atoms with Crippen LogP contribution in [0.4, 0.5) is 17.1 Å². The van der Waals surface area contributed by atoms with Crippen molar-refractivity contribution < 1.29 is 4.42 Å². The highest BCUT2D eigenvalue weighted by Crippen LogP contribution is 2.56. The molecule has 242 valence electrons. The summed E-state index contributed by atoms with van der Waals surface area (Å²) in [6.45, 7) is 4.70. The predicted molar refractivity (Wildman–Crippen MR) is 214 cm³/mol. The van der Waals surface area contributed by atoms with E-state index in [9.17, 15) is 0 Å². The fourth-order valence-electron chi connectivity index (χ4n) is 8.44. The summed E-state index contributed by atoms with van der Waals surface area (Å²) < 4.78 is 7.04. The van der Waals surface area contributed by atoms with Gasteiger partial charge in [-0.25, -0.2) is 0 Å². The minimum Gasteiger partial charge on any atom is -0.455 e. The molecule has 0 aliphatic heterocycles. The van der Waals surface area contributed by atoms with Crippen LogP contribution in [0.3, 0.4) is 0 Å².